The zero-order valence-electron chi connectivity index (χ0n) is 23.1. The third kappa shape index (κ3) is 5.85. The molecule has 1 saturated heterocycles. The number of nitrogens with zero attached hydrogens (tertiary/aromatic N) is 3. The minimum absolute atomic E-state index is 0.214. The van der Waals surface area contributed by atoms with E-state index in [1.807, 2.05) is 31.3 Å². The molecule has 206 valence electrons. The van der Waals surface area contributed by atoms with Crippen LogP contribution in [0, 0.1) is 0 Å². The fraction of sp³-hybridized carbons (Fsp3) is 0.400. The minimum Gasteiger partial charge on any atom is -0.385 e. The Bertz CT molecular complexity index is 1290. The zero-order chi connectivity index (χ0) is 27.6. The maximum Gasteiger partial charge on any atom is 0.257 e. The van der Waals surface area contributed by atoms with Crippen LogP contribution < -0.4 is 26.2 Å². The van der Waals surface area contributed by atoms with Crippen molar-refractivity contribution >= 4 is 28.9 Å². The number of aryl methyl sites for hydroxylation is 1. The largest absolute Gasteiger partial charge is 0.385 e. The van der Waals surface area contributed by atoms with Crippen molar-refractivity contribution in [1.82, 2.24) is 15.5 Å². The van der Waals surface area contributed by atoms with Gasteiger partial charge in [0.25, 0.3) is 5.91 Å². The van der Waals surface area contributed by atoms with Crippen LogP contribution in [0.1, 0.15) is 31.4 Å². The number of piperazine rings is 1. The van der Waals surface area contributed by atoms with Crippen LogP contribution in [0.25, 0.3) is 0 Å². The average Bonchev–Trinajstić information content (AvgIpc) is 3.22. The average molecular weight is 531 g/mol. The first-order valence-corrected chi connectivity index (χ1v) is 13.7. The number of carbonyl (C=O) groups excluding carboxylic acids is 1. The predicted molar refractivity (Wildman–Crippen MR) is 156 cm³/mol. The van der Waals surface area contributed by atoms with Crippen molar-refractivity contribution in [2.75, 3.05) is 50.0 Å². The van der Waals surface area contributed by atoms with E-state index in [0.29, 0.717) is 24.5 Å². The summed E-state index contributed by atoms with van der Waals surface area (Å²) in [6.45, 7) is 12.0. The second-order valence-corrected chi connectivity index (χ2v) is 11.1. The highest BCUT2D eigenvalue weighted by Gasteiger charge is 2.41. The summed E-state index contributed by atoms with van der Waals surface area (Å²) in [5, 5.41) is 22.3. The highest BCUT2D eigenvalue weighted by molar-refractivity contribution is 6.01. The molecule has 2 heterocycles. The number of rotatable bonds is 7. The molecule has 9 heteroatoms. The number of amides is 1. The Morgan fingerprint density at radius 2 is 1.92 bits per heavy atom. The third-order valence-electron chi connectivity index (χ3n) is 7.94. The molecule has 0 saturated carbocycles. The van der Waals surface area contributed by atoms with Crippen molar-refractivity contribution in [2.24, 2.45) is 4.99 Å². The molecule has 0 spiro atoms. The number of benzene rings is 2. The fourth-order valence-corrected chi connectivity index (χ4v) is 5.54. The van der Waals surface area contributed by atoms with E-state index < -0.39 is 11.3 Å². The number of quaternary nitrogens is 1. The Hall–Kier alpha value is -3.66. The number of likely N-dealkylation sites (N-methyl/N-ethyl adjacent to an activating group) is 1. The molecule has 1 amide bonds. The van der Waals surface area contributed by atoms with E-state index in [4.69, 9.17) is 4.99 Å². The molecule has 0 bridgehead atoms. The summed E-state index contributed by atoms with van der Waals surface area (Å²) >= 11 is 0. The smallest absolute Gasteiger partial charge is 0.257 e. The monoisotopic (exact) mass is 530 g/mol. The summed E-state index contributed by atoms with van der Waals surface area (Å²) in [6, 6.07) is 14.5. The molecular formula is C30H40N7O2+. The summed E-state index contributed by atoms with van der Waals surface area (Å²) in [7, 11) is 2.16. The van der Waals surface area contributed by atoms with Crippen molar-refractivity contribution in [1.29, 1.82) is 0 Å². The first kappa shape index (κ1) is 26.9. The molecule has 2 atom stereocenters. The van der Waals surface area contributed by atoms with Gasteiger partial charge in [0.05, 0.1) is 5.60 Å². The van der Waals surface area contributed by atoms with Crippen molar-refractivity contribution in [3.63, 3.8) is 0 Å². The van der Waals surface area contributed by atoms with Gasteiger partial charge in [0.1, 0.15) is 11.3 Å². The van der Waals surface area contributed by atoms with E-state index >= 15 is 0 Å². The van der Waals surface area contributed by atoms with Crippen LogP contribution >= 0.6 is 0 Å². The summed E-state index contributed by atoms with van der Waals surface area (Å²) in [4.78, 5) is 22.8. The Kier molecular flexibility index (Phi) is 7.48. The Labute approximate surface area is 230 Å². The van der Waals surface area contributed by atoms with Gasteiger partial charge in [0, 0.05) is 63.3 Å². The molecule has 3 aliphatic rings. The first-order chi connectivity index (χ1) is 18.7. The predicted octanol–water partition coefficient (Wildman–Crippen LogP) is 1.76. The standard InChI is InChI=1S/C30H39N7O2/c1-5-14-31-27(38)26-20-32-28(33-22-8-10-24(11-9-22)37-17-15-36(4)16-18-37)35-30(26,3)34-23-7-6-21-12-13-29(2,39)25(21)19-23/h5-11,19-20,34,39H,1,12-18H2,2-4H3,(H,31,38)(H2,32,33,35)/p+1/t29-,30?/m0/s1. The number of carbonyl (C=O) groups is 1. The fourth-order valence-electron chi connectivity index (χ4n) is 5.54. The molecule has 5 rings (SSSR count). The molecule has 2 aromatic rings. The molecule has 1 aliphatic carbocycles. The number of hydrogen-bond acceptors (Lipinski definition) is 7. The van der Waals surface area contributed by atoms with E-state index in [-0.39, 0.29) is 5.91 Å². The lowest BCUT2D eigenvalue weighted by Gasteiger charge is -2.34. The van der Waals surface area contributed by atoms with E-state index in [1.165, 1.54) is 5.69 Å². The van der Waals surface area contributed by atoms with Gasteiger partial charge in [0.15, 0.2) is 0 Å². The number of fused-ring (bicyclic) bond motifs is 1. The molecule has 6 N–H and O–H groups in total. The van der Waals surface area contributed by atoms with Crippen LogP contribution in [0.4, 0.5) is 17.1 Å². The number of guanidine groups is 1. The SMILES string of the molecule is C=CCNC(=O)C1=CNC(Nc2ccc(N3CCN(C)CC3)cc2)=NC1(C)[NH2+]c1ccc2c(c1)[C@@](C)(O)CC2. The number of anilines is 2. The lowest BCUT2D eigenvalue weighted by atomic mass is 9.96. The molecule has 2 aromatic carbocycles. The third-order valence-corrected chi connectivity index (χ3v) is 7.94. The Morgan fingerprint density at radius 3 is 2.64 bits per heavy atom. The van der Waals surface area contributed by atoms with E-state index in [0.717, 1.165) is 55.1 Å². The van der Waals surface area contributed by atoms with Gasteiger partial charge in [-0.25, -0.2) is 0 Å². The van der Waals surface area contributed by atoms with Crippen LogP contribution in [0.5, 0.6) is 0 Å². The van der Waals surface area contributed by atoms with Crippen molar-refractivity contribution in [3.8, 4) is 0 Å². The molecule has 1 unspecified atom stereocenters. The van der Waals surface area contributed by atoms with Crippen LogP contribution in [0.3, 0.4) is 0 Å². The van der Waals surface area contributed by atoms with Crippen molar-refractivity contribution in [3.05, 3.63) is 78.0 Å². The zero-order valence-corrected chi connectivity index (χ0v) is 23.1. The van der Waals surface area contributed by atoms with Crippen LogP contribution in [-0.4, -0.2) is 67.3 Å². The van der Waals surface area contributed by atoms with Gasteiger partial charge >= 0.3 is 0 Å². The lowest BCUT2D eigenvalue weighted by Crippen LogP contribution is -2.92. The number of nitrogens with two attached hydrogens (primary N) is 1. The quantitative estimate of drug-likeness (QED) is 0.276. The number of aliphatic imine (C=N–C) groups is 1. The number of hydrogen-bond donors (Lipinski definition) is 5. The van der Waals surface area contributed by atoms with Crippen LogP contribution in [0.2, 0.25) is 0 Å². The summed E-state index contributed by atoms with van der Waals surface area (Å²) in [5.74, 6) is 0.336. The normalized spacial score (nSPS) is 24.8. The Balaban J connectivity index is 1.37. The van der Waals surface area contributed by atoms with Crippen LogP contribution in [0.15, 0.2) is 71.9 Å². The summed E-state index contributed by atoms with van der Waals surface area (Å²) < 4.78 is 0. The number of aliphatic hydroxyl groups is 1. The van der Waals surface area contributed by atoms with E-state index in [9.17, 15) is 9.90 Å². The molecule has 39 heavy (non-hydrogen) atoms. The highest BCUT2D eigenvalue weighted by atomic mass is 16.3. The Morgan fingerprint density at radius 1 is 1.18 bits per heavy atom. The molecule has 2 aliphatic heterocycles. The second kappa shape index (κ2) is 10.8. The topological polar surface area (TPSA) is 109 Å². The van der Waals surface area contributed by atoms with Gasteiger partial charge in [-0.05, 0) is 68.3 Å². The molecule has 0 aromatic heterocycles. The van der Waals surface area contributed by atoms with Crippen molar-refractivity contribution < 1.29 is 15.2 Å². The molecule has 9 nitrogen and oxygen atoms in total. The lowest BCUT2D eigenvalue weighted by molar-refractivity contribution is -0.637. The maximum atomic E-state index is 13.1. The minimum atomic E-state index is -0.947. The van der Waals surface area contributed by atoms with Gasteiger partial charge in [0.2, 0.25) is 11.6 Å². The summed E-state index contributed by atoms with van der Waals surface area (Å²) in [6.07, 6.45) is 4.94. The molecule has 0 radical (unpaired) electrons. The van der Waals surface area contributed by atoms with Gasteiger partial charge in [-0.3, -0.25) is 10.1 Å². The van der Waals surface area contributed by atoms with Gasteiger partial charge in [-0.2, -0.15) is 4.99 Å². The second-order valence-electron chi connectivity index (χ2n) is 11.1. The van der Waals surface area contributed by atoms with Gasteiger partial charge < -0.3 is 30.9 Å². The van der Waals surface area contributed by atoms with E-state index in [1.54, 1.807) is 12.3 Å². The number of nitrogens with one attached hydrogen (secondary N) is 3. The van der Waals surface area contributed by atoms with E-state index in [2.05, 4.69) is 69.7 Å². The highest BCUT2D eigenvalue weighted by Crippen LogP contribution is 2.37. The van der Waals surface area contributed by atoms with Crippen molar-refractivity contribution in [2.45, 2.75) is 38.0 Å². The van der Waals surface area contributed by atoms with Crippen LogP contribution in [-0.2, 0) is 16.8 Å². The maximum absolute atomic E-state index is 13.1. The molecule has 1 fully saturated rings. The summed E-state index contributed by atoms with van der Waals surface area (Å²) in [5.41, 5.74) is 3.82. The molecular weight excluding hydrogens is 490 g/mol. The van der Waals surface area contributed by atoms with Gasteiger partial charge in [-0.1, -0.05) is 12.1 Å². The first-order valence-electron chi connectivity index (χ1n) is 13.7. The van der Waals surface area contributed by atoms with Gasteiger partial charge in [-0.15, -0.1) is 6.58 Å².